The smallest absolute Gasteiger partial charge is 0.333 e. The van der Waals surface area contributed by atoms with E-state index >= 15 is 0 Å². The lowest BCUT2D eigenvalue weighted by atomic mass is 9.88. The lowest BCUT2D eigenvalue weighted by Gasteiger charge is -2.36. The van der Waals surface area contributed by atoms with Crippen LogP contribution in [0.3, 0.4) is 0 Å². The van der Waals surface area contributed by atoms with Gasteiger partial charge in [-0.2, -0.15) is 0 Å². The Balaban J connectivity index is 2.99. The molecule has 1 aliphatic rings. The van der Waals surface area contributed by atoms with Crippen molar-refractivity contribution >= 4 is 11.9 Å². The van der Waals surface area contributed by atoms with E-state index in [1.807, 2.05) is 13.8 Å². The second-order valence-electron chi connectivity index (χ2n) is 5.62. The summed E-state index contributed by atoms with van der Waals surface area (Å²) in [6, 6.07) is -0.848. The molecule has 0 heterocycles. The van der Waals surface area contributed by atoms with Crippen LogP contribution in [0.4, 0.5) is 0 Å². The molecule has 0 aliphatic heterocycles. The SMILES string of the molecule is CCOC(=O)C1=C[C@@H](OC(CC)CC)[C@H](NC(=O)CN)[C@@H](N)C1. The molecule has 0 radical (unpaired) electrons. The normalized spacial score (nSPS) is 24.3. The van der Waals surface area contributed by atoms with Crippen molar-refractivity contribution in [1.82, 2.24) is 5.32 Å². The van der Waals surface area contributed by atoms with Gasteiger partial charge in [0.05, 0.1) is 31.4 Å². The zero-order chi connectivity index (χ0) is 17.4. The van der Waals surface area contributed by atoms with E-state index in [2.05, 4.69) is 5.32 Å². The molecule has 0 unspecified atom stereocenters. The molecule has 0 aromatic rings. The Labute approximate surface area is 137 Å². The Morgan fingerprint density at radius 1 is 1.35 bits per heavy atom. The molecule has 0 spiro atoms. The predicted molar refractivity (Wildman–Crippen MR) is 87.5 cm³/mol. The average molecular weight is 327 g/mol. The van der Waals surface area contributed by atoms with Crippen LogP contribution in [0.5, 0.6) is 0 Å². The molecular formula is C16H29N3O4. The van der Waals surface area contributed by atoms with Crippen LogP contribution in [-0.4, -0.2) is 49.3 Å². The maximum atomic E-state index is 12.0. The molecule has 7 heteroatoms. The predicted octanol–water partition coefficient (Wildman–Crippen LogP) is 0.224. The summed E-state index contributed by atoms with van der Waals surface area (Å²) < 4.78 is 11.1. The Hall–Kier alpha value is -1.44. The van der Waals surface area contributed by atoms with Crippen LogP contribution >= 0.6 is 0 Å². The molecule has 0 fully saturated rings. The number of nitrogens with two attached hydrogens (primary N) is 2. The summed E-state index contributed by atoms with van der Waals surface area (Å²) in [5.41, 5.74) is 12.0. The minimum Gasteiger partial charge on any atom is -0.463 e. The first-order valence-electron chi connectivity index (χ1n) is 8.24. The fourth-order valence-electron chi connectivity index (χ4n) is 2.63. The summed E-state index contributed by atoms with van der Waals surface area (Å²) in [6.07, 6.45) is 3.28. The Morgan fingerprint density at radius 3 is 2.52 bits per heavy atom. The van der Waals surface area contributed by atoms with Gasteiger partial charge < -0.3 is 26.3 Å². The molecule has 7 nitrogen and oxygen atoms in total. The monoisotopic (exact) mass is 327 g/mol. The van der Waals surface area contributed by atoms with Crippen LogP contribution in [0.2, 0.25) is 0 Å². The van der Waals surface area contributed by atoms with E-state index in [0.717, 1.165) is 12.8 Å². The van der Waals surface area contributed by atoms with Crippen LogP contribution in [-0.2, 0) is 19.1 Å². The quantitative estimate of drug-likeness (QED) is 0.549. The van der Waals surface area contributed by atoms with Crippen molar-refractivity contribution in [2.45, 2.75) is 64.3 Å². The Morgan fingerprint density at radius 2 is 2.00 bits per heavy atom. The van der Waals surface area contributed by atoms with Gasteiger partial charge in [0.2, 0.25) is 5.91 Å². The molecule has 0 bridgehead atoms. The Kier molecular flexibility index (Phi) is 8.22. The van der Waals surface area contributed by atoms with E-state index < -0.39 is 18.2 Å². The van der Waals surface area contributed by atoms with Gasteiger partial charge in [-0.15, -0.1) is 0 Å². The van der Waals surface area contributed by atoms with E-state index in [-0.39, 0.29) is 24.5 Å². The summed E-state index contributed by atoms with van der Waals surface area (Å²) in [6.45, 7) is 6.00. The van der Waals surface area contributed by atoms with Gasteiger partial charge in [-0.25, -0.2) is 4.79 Å². The number of carbonyl (C=O) groups excluding carboxylic acids is 2. The van der Waals surface area contributed by atoms with Crippen LogP contribution < -0.4 is 16.8 Å². The highest BCUT2D eigenvalue weighted by Gasteiger charge is 2.36. The summed E-state index contributed by atoms with van der Waals surface area (Å²) >= 11 is 0. The van der Waals surface area contributed by atoms with Crippen molar-refractivity contribution in [3.63, 3.8) is 0 Å². The van der Waals surface area contributed by atoms with Gasteiger partial charge in [0.25, 0.3) is 0 Å². The average Bonchev–Trinajstić information content (AvgIpc) is 2.54. The maximum absolute atomic E-state index is 12.0. The van der Waals surface area contributed by atoms with Crippen LogP contribution in [0.25, 0.3) is 0 Å². The number of hydrogen-bond acceptors (Lipinski definition) is 6. The van der Waals surface area contributed by atoms with Crippen LogP contribution in [0.15, 0.2) is 11.6 Å². The zero-order valence-corrected chi connectivity index (χ0v) is 14.2. The number of nitrogens with one attached hydrogen (secondary N) is 1. The summed E-state index contributed by atoms with van der Waals surface area (Å²) in [4.78, 5) is 23.6. The molecule has 5 N–H and O–H groups in total. The van der Waals surface area contributed by atoms with Gasteiger partial charge in [-0.1, -0.05) is 13.8 Å². The fourth-order valence-corrected chi connectivity index (χ4v) is 2.63. The van der Waals surface area contributed by atoms with Crippen molar-refractivity contribution in [1.29, 1.82) is 0 Å². The number of ether oxygens (including phenoxy) is 2. The second-order valence-corrected chi connectivity index (χ2v) is 5.62. The third kappa shape index (κ3) is 5.60. The minimum absolute atomic E-state index is 0.0299. The lowest BCUT2D eigenvalue weighted by Crippen LogP contribution is -2.58. The number of hydrogen-bond donors (Lipinski definition) is 3. The van der Waals surface area contributed by atoms with Gasteiger partial charge in [0, 0.05) is 11.6 Å². The number of carbonyl (C=O) groups is 2. The van der Waals surface area contributed by atoms with Crippen molar-refractivity contribution < 1.29 is 19.1 Å². The summed E-state index contributed by atoms with van der Waals surface area (Å²) in [5, 5.41) is 2.80. The molecule has 0 aromatic heterocycles. The van der Waals surface area contributed by atoms with E-state index in [9.17, 15) is 9.59 Å². The van der Waals surface area contributed by atoms with Crippen LogP contribution in [0.1, 0.15) is 40.0 Å². The molecule has 1 amide bonds. The fraction of sp³-hybridized carbons (Fsp3) is 0.750. The highest BCUT2D eigenvalue weighted by atomic mass is 16.5. The minimum atomic E-state index is -0.474. The third-order valence-electron chi connectivity index (χ3n) is 3.95. The van der Waals surface area contributed by atoms with E-state index in [1.165, 1.54) is 0 Å². The molecular weight excluding hydrogens is 298 g/mol. The highest BCUT2D eigenvalue weighted by Crippen LogP contribution is 2.24. The van der Waals surface area contributed by atoms with Gasteiger partial charge in [0.15, 0.2) is 0 Å². The standard InChI is InChI=1S/C16H29N3O4/c1-4-11(5-2)23-13-8-10(16(21)22-6-3)7-12(18)15(13)19-14(20)9-17/h8,11-13,15H,4-7,9,17-18H2,1-3H3,(H,19,20)/t12-,13+,15+/m0/s1. The zero-order valence-electron chi connectivity index (χ0n) is 14.2. The Bertz CT molecular complexity index is 435. The number of rotatable bonds is 8. The highest BCUT2D eigenvalue weighted by molar-refractivity contribution is 5.89. The number of esters is 1. The van der Waals surface area contributed by atoms with Gasteiger partial charge in [-0.3, -0.25) is 4.79 Å². The second kappa shape index (κ2) is 9.64. The first kappa shape index (κ1) is 19.6. The molecule has 23 heavy (non-hydrogen) atoms. The number of amides is 1. The molecule has 132 valence electrons. The first-order valence-corrected chi connectivity index (χ1v) is 8.24. The molecule has 3 atom stereocenters. The van der Waals surface area contributed by atoms with E-state index in [4.69, 9.17) is 20.9 Å². The van der Waals surface area contributed by atoms with Gasteiger partial charge in [-0.05, 0) is 32.3 Å². The summed E-state index contributed by atoms with van der Waals surface area (Å²) in [5.74, 6) is -0.679. The van der Waals surface area contributed by atoms with E-state index in [1.54, 1.807) is 13.0 Å². The summed E-state index contributed by atoms with van der Waals surface area (Å²) in [7, 11) is 0. The molecule has 0 saturated carbocycles. The molecule has 0 saturated heterocycles. The third-order valence-corrected chi connectivity index (χ3v) is 3.95. The van der Waals surface area contributed by atoms with Crippen molar-refractivity contribution in [2.24, 2.45) is 11.5 Å². The molecule has 1 aliphatic carbocycles. The van der Waals surface area contributed by atoms with Crippen molar-refractivity contribution in [2.75, 3.05) is 13.2 Å². The molecule has 0 aromatic carbocycles. The van der Waals surface area contributed by atoms with Crippen molar-refractivity contribution in [3.05, 3.63) is 11.6 Å². The maximum Gasteiger partial charge on any atom is 0.333 e. The topological polar surface area (TPSA) is 117 Å². The molecule has 1 rings (SSSR count). The van der Waals surface area contributed by atoms with Crippen molar-refractivity contribution in [3.8, 4) is 0 Å². The van der Waals surface area contributed by atoms with Gasteiger partial charge in [0.1, 0.15) is 0 Å². The van der Waals surface area contributed by atoms with Crippen LogP contribution in [0, 0.1) is 0 Å². The van der Waals surface area contributed by atoms with E-state index in [0.29, 0.717) is 18.6 Å². The first-order chi connectivity index (χ1) is 11.0. The largest absolute Gasteiger partial charge is 0.463 e. The van der Waals surface area contributed by atoms with Gasteiger partial charge >= 0.3 is 5.97 Å². The lowest BCUT2D eigenvalue weighted by molar-refractivity contribution is -0.139.